The second-order valence-electron chi connectivity index (χ2n) is 7.72. The van der Waals surface area contributed by atoms with Crippen LogP contribution in [0.2, 0.25) is 0 Å². The summed E-state index contributed by atoms with van der Waals surface area (Å²) < 4.78 is 1.68. The van der Waals surface area contributed by atoms with Gasteiger partial charge in [0.25, 0.3) is 0 Å². The SMILES string of the molecule is Cc1cc(C)c(NC(=O)C2CCN(c3ccc(-n4cccn4)nn3)CC2)c(C)c1. The fourth-order valence-corrected chi connectivity index (χ4v) is 3.99. The van der Waals surface area contributed by atoms with Gasteiger partial charge in [-0.2, -0.15) is 5.10 Å². The number of carbonyl (C=O) groups excluding carboxylic acids is 1. The molecule has 0 unspecified atom stereocenters. The molecule has 1 aliphatic heterocycles. The van der Waals surface area contributed by atoms with Gasteiger partial charge < -0.3 is 10.2 Å². The third-order valence-corrected chi connectivity index (χ3v) is 5.49. The van der Waals surface area contributed by atoms with Gasteiger partial charge in [0.2, 0.25) is 5.91 Å². The van der Waals surface area contributed by atoms with Crippen molar-refractivity contribution in [3.05, 3.63) is 59.4 Å². The maximum Gasteiger partial charge on any atom is 0.227 e. The van der Waals surface area contributed by atoms with E-state index in [-0.39, 0.29) is 11.8 Å². The predicted octanol–water partition coefficient (Wildman–Crippen LogP) is 3.44. The lowest BCUT2D eigenvalue weighted by atomic mass is 9.95. The van der Waals surface area contributed by atoms with Crippen molar-refractivity contribution in [2.45, 2.75) is 33.6 Å². The van der Waals surface area contributed by atoms with Gasteiger partial charge in [-0.15, -0.1) is 10.2 Å². The Kier molecular flexibility index (Phi) is 5.29. The van der Waals surface area contributed by atoms with E-state index in [0.29, 0.717) is 5.82 Å². The van der Waals surface area contributed by atoms with Gasteiger partial charge >= 0.3 is 0 Å². The molecule has 1 saturated heterocycles. The van der Waals surface area contributed by atoms with Crippen molar-refractivity contribution < 1.29 is 4.79 Å². The molecule has 29 heavy (non-hydrogen) atoms. The highest BCUT2D eigenvalue weighted by atomic mass is 16.1. The van der Waals surface area contributed by atoms with Crippen molar-refractivity contribution in [3.8, 4) is 5.82 Å². The third kappa shape index (κ3) is 4.13. The molecule has 0 bridgehead atoms. The molecule has 0 saturated carbocycles. The molecular formula is C22H26N6O. The van der Waals surface area contributed by atoms with Crippen LogP contribution in [0.15, 0.2) is 42.7 Å². The highest BCUT2D eigenvalue weighted by Crippen LogP contribution is 2.26. The summed E-state index contributed by atoms with van der Waals surface area (Å²) in [4.78, 5) is 15.0. The highest BCUT2D eigenvalue weighted by molar-refractivity contribution is 5.94. The normalized spacial score (nSPS) is 14.8. The first-order valence-electron chi connectivity index (χ1n) is 9.98. The van der Waals surface area contributed by atoms with E-state index in [0.717, 1.165) is 48.6 Å². The van der Waals surface area contributed by atoms with Crippen molar-refractivity contribution in [3.63, 3.8) is 0 Å². The quantitative estimate of drug-likeness (QED) is 0.738. The Hall–Kier alpha value is -3.22. The molecule has 7 heteroatoms. The monoisotopic (exact) mass is 390 g/mol. The smallest absolute Gasteiger partial charge is 0.227 e. The second-order valence-corrected chi connectivity index (χ2v) is 7.72. The summed E-state index contributed by atoms with van der Waals surface area (Å²) in [6.07, 6.45) is 5.16. The molecule has 2 aromatic heterocycles. The zero-order valence-corrected chi connectivity index (χ0v) is 17.1. The van der Waals surface area contributed by atoms with Gasteiger partial charge in [-0.05, 0) is 62.9 Å². The van der Waals surface area contributed by atoms with Crippen LogP contribution < -0.4 is 10.2 Å². The molecule has 0 spiro atoms. The minimum atomic E-state index is 0.0164. The van der Waals surface area contributed by atoms with Crippen molar-refractivity contribution in [2.24, 2.45) is 5.92 Å². The molecule has 1 aromatic carbocycles. The minimum Gasteiger partial charge on any atom is -0.355 e. The number of rotatable bonds is 4. The highest BCUT2D eigenvalue weighted by Gasteiger charge is 2.26. The number of hydrogen-bond acceptors (Lipinski definition) is 5. The first-order valence-corrected chi connectivity index (χ1v) is 9.98. The van der Waals surface area contributed by atoms with Crippen LogP contribution >= 0.6 is 0 Å². The lowest BCUT2D eigenvalue weighted by molar-refractivity contribution is -0.120. The Bertz CT molecular complexity index is 966. The maximum atomic E-state index is 12.8. The molecule has 0 radical (unpaired) electrons. The summed E-state index contributed by atoms with van der Waals surface area (Å²) in [5, 5.41) is 15.9. The van der Waals surface area contributed by atoms with Crippen molar-refractivity contribution in [1.29, 1.82) is 0 Å². The van der Waals surface area contributed by atoms with E-state index in [1.807, 2.05) is 38.2 Å². The van der Waals surface area contributed by atoms with Crippen LogP contribution in [-0.2, 0) is 4.79 Å². The second kappa shape index (κ2) is 8.03. The van der Waals surface area contributed by atoms with E-state index in [9.17, 15) is 4.79 Å². The Morgan fingerprint density at radius 2 is 1.69 bits per heavy atom. The number of carbonyl (C=O) groups is 1. The largest absolute Gasteiger partial charge is 0.355 e. The lowest BCUT2D eigenvalue weighted by Gasteiger charge is -2.32. The molecule has 1 fully saturated rings. The van der Waals surface area contributed by atoms with Crippen LogP contribution in [0.1, 0.15) is 29.5 Å². The van der Waals surface area contributed by atoms with Crippen LogP contribution in [0, 0.1) is 26.7 Å². The number of nitrogens with zero attached hydrogens (tertiary/aromatic N) is 5. The van der Waals surface area contributed by atoms with Crippen LogP contribution in [-0.4, -0.2) is 39.0 Å². The lowest BCUT2D eigenvalue weighted by Crippen LogP contribution is -2.38. The molecule has 1 amide bonds. The fraction of sp³-hybridized carbons (Fsp3) is 0.364. The van der Waals surface area contributed by atoms with Gasteiger partial charge in [0.05, 0.1) is 0 Å². The van der Waals surface area contributed by atoms with E-state index < -0.39 is 0 Å². The number of amides is 1. The van der Waals surface area contributed by atoms with Gasteiger partial charge in [-0.3, -0.25) is 4.79 Å². The van der Waals surface area contributed by atoms with Gasteiger partial charge in [-0.1, -0.05) is 17.7 Å². The summed E-state index contributed by atoms with van der Waals surface area (Å²) in [5.74, 6) is 1.66. The van der Waals surface area contributed by atoms with Crippen molar-refractivity contribution in [2.75, 3.05) is 23.3 Å². The topological polar surface area (TPSA) is 75.9 Å². The molecule has 150 valence electrons. The fourth-order valence-electron chi connectivity index (χ4n) is 3.99. The predicted molar refractivity (Wildman–Crippen MR) is 113 cm³/mol. The standard InChI is InChI=1S/C22H26N6O/c1-15-13-16(2)21(17(3)14-15)24-22(29)18-7-11-27(12-8-18)19-5-6-20(26-25-19)28-10-4-9-23-28/h4-6,9-10,13-14,18H,7-8,11-12H2,1-3H3,(H,24,29). The summed E-state index contributed by atoms with van der Waals surface area (Å²) in [6, 6.07) is 9.94. The third-order valence-electron chi connectivity index (χ3n) is 5.49. The van der Waals surface area contributed by atoms with E-state index in [1.54, 1.807) is 10.9 Å². The Balaban J connectivity index is 1.36. The maximum absolute atomic E-state index is 12.8. The Morgan fingerprint density at radius 1 is 1.03 bits per heavy atom. The Morgan fingerprint density at radius 3 is 2.28 bits per heavy atom. The molecule has 1 aliphatic rings. The first-order chi connectivity index (χ1) is 14.0. The molecule has 3 heterocycles. The van der Waals surface area contributed by atoms with Gasteiger partial charge in [0.15, 0.2) is 11.6 Å². The number of aromatic nitrogens is 4. The first kappa shape index (κ1) is 19.1. The molecule has 4 rings (SSSR count). The van der Waals surface area contributed by atoms with Crippen molar-refractivity contribution in [1.82, 2.24) is 20.0 Å². The molecule has 0 aliphatic carbocycles. The number of hydrogen-bond donors (Lipinski definition) is 1. The summed E-state index contributed by atoms with van der Waals surface area (Å²) in [6.45, 7) is 7.75. The Labute approximate surface area is 170 Å². The van der Waals surface area contributed by atoms with E-state index in [4.69, 9.17) is 0 Å². The van der Waals surface area contributed by atoms with Gasteiger partial charge in [-0.25, -0.2) is 4.68 Å². The number of aryl methyl sites for hydroxylation is 3. The van der Waals surface area contributed by atoms with Crippen LogP contribution in [0.25, 0.3) is 5.82 Å². The van der Waals surface area contributed by atoms with Crippen LogP contribution in [0.3, 0.4) is 0 Å². The summed E-state index contributed by atoms with van der Waals surface area (Å²) in [7, 11) is 0. The molecule has 1 N–H and O–H groups in total. The van der Waals surface area contributed by atoms with Crippen molar-refractivity contribution >= 4 is 17.4 Å². The average molecular weight is 390 g/mol. The number of benzene rings is 1. The van der Waals surface area contributed by atoms with E-state index in [2.05, 4.69) is 44.6 Å². The van der Waals surface area contributed by atoms with Crippen LogP contribution in [0.5, 0.6) is 0 Å². The molecule has 3 aromatic rings. The number of piperidine rings is 1. The van der Waals surface area contributed by atoms with Gasteiger partial charge in [0.1, 0.15) is 0 Å². The average Bonchev–Trinajstić information content (AvgIpc) is 3.26. The number of anilines is 2. The van der Waals surface area contributed by atoms with Crippen LogP contribution in [0.4, 0.5) is 11.5 Å². The minimum absolute atomic E-state index is 0.0164. The van der Waals surface area contributed by atoms with E-state index >= 15 is 0 Å². The zero-order chi connectivity index (χ0) is 20.4. The number of nitrogens with one attached hydrogen (secondary N) is 1. The van der Waals surface area contributed by atoms with Gasteiger partial charge in [0, 0.05) is 37.1 Å². The summed E-state index contributed by atoms with van der Waals surface area (Å²) in [5.41, 5.74) is 4.38. The molecule has 7 nitrogen and oxygen atoms in total. The van der Waals surface area contributed by atoms with E-state index in [1.165, 1.54) is 5.56 Å². The molecular weight excluding hydrogens is 364 g/mol. The zero-order valence-electron chi connectivity index (χ0n) is 17.1. The molecule has 0 atom stereocenters. The summed E-state index contributed by atoms with van der Waals surface area (Å²) >= 11 is 0.